The summed E-state index contributed by atoms with van der Waals surface area (Å²) in [7, 11) is 0. The molecule has 0 aliphatic carbocycles. The van der Waals surface area contributed by atoms with Gasteiger partial charge >= 0.3 is 0 Å². The van der Waals surface area contributed by atoms with Crippen molar-refractivity contribution in [3.05, 3.63) is 94.6 Å². The van der Waals surface area contributed by atoms with Crippen LogP contribution in [0.3, 0.4) is 0 Å². The quantitative estimate of drug-likeness (QED) is 0.367. The van der Waals surface area contributed by atoms with E-state index in [1.807, 2.05) is 37.3 Å². The SMILES string of the molecule is Cc1ccc(C#Cc2cnc3cccnn23)c2onc(Cc3cccc(C(C)(F)F)c3)c12. The Labute approximate surface area is 182 Å². The molecule has 0 unspecified atom stereocenters. The molecular formula is C25H18F2N4O. The van der Waals surface area contributed by atoms with Gasteiger partial charge in [0.1, 0.15) is 5.69 Å². The average molecular weight is 428 g/mol. The number of aryl methyl sites for hydroxylation is 1. The fraction of sp³-hybridized carbons (Fsp3) is 0.160. The molecule has 3 aromatic heterocycles. The molecule has 0 aliphatic rings. The van der Waals surface area contributed by atoms with Gasteiger partial charge in [-0.15, -0.1) is 0 Å². The van der Waals surface area contributed by atoms with Crippen LogP contribution in [0.25, 0.3) is 16.6 Å². The van der Waals surface area contributed by atoms with Crippen molar-refractivity contribution in [3.8, 4) is 11.8 Å². The first-order chi connectivity index (χ1) is 15.4. The highest BCUT2D eigenvalue weighted by molar-refractivity contribution is 5.88. The number of hydrogen-bond donors (Lipinski definition) is 0. The smallest absolute Gasteiger partial charge is 0.270 e. The molecule has 5 aromatic rings. The summed E-state index contributed by atoms with van der Waals surface area (Å²) in [5.41, 5.74) is 5.03. The molecule has 0 aliphatic heterocycles. The first-order valence-electron chi connectivity index (χ1n) is 10.1. The summed E-state index contributed by atoms with van der Waals surface area (Å²) >= 11 is 0. The Morgan fingerprint density at radius 1 is 1.09 bits per heavy atom. The number of rotatable bonds is 3. The molecule has 0 radical (unpaired) electrons. The zero-order chi connectivity index (χ0) is 22.3. The van der Waals surface area contributed by atoms with E-state index >= 15 is 0 Å². The van der Waals surface area contributed by atoms with Crippen LogP contribution < -0.4 is 0 Å². The summed E-state index contributed by atoms with van der Waals surface area (Å²) in [4.78, 5) is 4.29. The number of benzene rings is 2. The second-order valence-electron chi connectivity index (χ2n) is 7.72. The van der Waals surface area contributed by atoms with Crippen LogP contribution in [0.2, 0.25) is 0 Å². The normalized spacial score (nSPS) is 11.6. The monoisotopic (exact) mass is 428 g/mol. The number of halogens is 2. The van der Waals surface area contributed by atoms with Gasteiger partial charge < -0.3 is 4.52 Å². The number of fused-ring (bicyclic) bond motifs is 2. The van der Waals surface area contributed by atoms with Gasteiger partial charge in [-0.05, 0) is 48.2 Å². The number of aromatic nitrogens is 4. The number of imidazole rings is 1. The lowest BCUT2D eigenvalue weighted by Gasteiger charge is -2.11. The first kappa shape index (κ1) is 19.9. The van der Waals surface area contributed by atoms with E-state index < -0.39 is 5.92 Å². The summed E-state index contributed by atoms with van der Waals surface area (Å²) in [5, 5.41) is 9.36. The first-order valence-corrected chi connectivity index (χ1v) is 10.1. The second kappa shape index (κ2) is 7.57. The van der Waals surface area contributed by atoms with Crippen LogP contribution in [0.15, 0.2) is 65.4 Å². The van der Waals surface area contributed by atoms with Gasteiger partial charge in [0, 0.05) is 30.5 Å². The van der Waals surface area contributed by atoms with Gasteiger partial charge in [0.05, 0.1) is 17.5 Å². The summed E-state index contributed by atoms with van der Waals surface area (Å²) < 4.78 is 34.8. The van der Waals surface area contributed by atoms with Crippen molar-refractivity contribution in [1.82, 2.24) is 19.8 Å². The second-order valence-corrected chi connectivity index (χ2v) is 7.72. The standard InChI is InChI=1S/C25H18F2N4O/c1-16-8-9-18(10-11-20-15-28-22-7-4-12-29-31(20)22)24-23(16)21(30-32-24)14-17-5-3-6-19(13-17)25(2,26)27/h3-9,12-13,15H,14H2,1-2H3. The van der Waals surface area contributed by atoms with E-state index in [0.29, 0.717) is 34.6 Å². The summed E-state index contributed by atoms with van der Waals surface area (Å²) in [5.74, 6) is 3.33. The summed E-state index contributed by atoms with van der Waals surface area (Å²) in [6.07, 6.45) is 3.73. The molecule has 0 bridgehead atoms. The Kier molecular flexibility index (Phi) is 4.71. The fourth-order valence-electron chi connectivity index (χ4n) is 3.69. The summed E-state index contributed by atoms with van der Waals surface area (Å²) in [6.45, 7) is 2.86. The Hall–Kier alpha value is -4.05. The van der Waals surface area contributed by atoms with Gasteiger partial charge in [-0.2, -0.15) is 5.10 Å². The van der Waals surface area contributed by atoms with Gasteiger partial charge in [-0.25, -0.2) is 18.3 Å². The minimum Gasteiger partial charge on any atom is -0.355 e. The maximum absolute atomic E-state index is 13.7. The van der Waals surface area contributed by atoms with E-state index in [9.17, 15) is 8.78 Å². The van der Waals surface area contributed by atoms with E-state index in [4.69, 9.17) is 4.52 Å². The number of hydrogen-bond acceptors (Lipinski definition) is 4. The zero-order valence-corrected chi connectivity index (χ0v) is 17.4. The minimum atomic E-state index is -2.90. The summed E-state index contributed by atoms with van der Waals surface area (Å²) in [6, 6.07) is 13.9. The molecule has 0 N–H and O–H groups in total. The predicted molar refractivity (Wildman–Crippen MR) is 117 cm³/mol. The highest BCUT2D eigenvalue weighted by atomic mass is 19.3. The van der Waals surface area contributed by atoms with Crippen molar-refractivity contribution in [2.24, 2.45) is 0 Å². The van der Waals surface area contributed by atoms with Gasteiger partial charge in [-0.3, -0.25) is 0 Å². The third kappa shape index (κ3) is 3.60. The van der Waals surface area contributed by atoms with Crippen LogP contribution in [-0.4, -0.2) is 19.8 Å². The van der Waals surface area contributed by atoms with Crippen molar-refractivity contribution >= 4 is 16.6 Å². The van der Waals surface area contributed by atoms with Crippen LogP contribution in [-0.2, 0) is 12.3 Å². The maximum Gasteiger partial charge on any atom is 0.270 e. The molecule has 7 heteroatoms. The minimum absolute atomic E-state index is 0.0206. The van der Waals surface area contributed by atoms with E-state index in [1.54, 1.807) is 23.0 Å². The number of nitrogens with zero attached hydrogens (tertiary/aromatic N) is 4. The molecule has 0 amide bonds. The molecule has 5 nitrogen and oxygen atoms in total. The average Bonchev–Trinajstić information content (AvgIpc) is 3.38. The molecule has 0 saturated heterocycles. The Morgan fingerprint density at radius 3 is 2.81 bits per heavy atom. The highest BCUT2D eigenvalue weighted by Crippen LogP contribution is 2.30. The number of alkyl halides is 2. The molecule has 3 heterocycles. The predicted octanol–water partition coefficient (Wildman–Crippen LogP) is 5.28. The maximum atomic E-state index is 13.7. The van der Waals surface area contributed by atoms with Gasteiger partial charge in [-0.1, -0.05) is 35.3 Å². The Balaban J connectivity index is 1.53. The third-order valence-electron chi connectivity index (χ3n) is 5.31. The Bertz CT molecular complexity index is 1520. The zero-order valence-electron chi connectivity index (χ0n) is 17.4. The third-order valence-corrected chi connectivity index (χ3v) is 5.31. The van der Waals surface area contributed by atoms with Crippen molar-refractivity contribution in [3.63, 3.8) is 0 Å². The van der Waals surface area contributed by atoms with Crippen LogP contribution in [0.5, 0.6) is 0 Å². The molecule has 0 spiro atoms. The molecule has 32 heavy (non-hydrogen) atoms. The lowest BCUT2D eigenvalue weighted by atomic mass is 9.99. The largest absolute Gasteiger partial charge is 0.355 e. The van der Waals surface area contributed by atoms with E-state index in [2.05, 4.69) is 27.1 Å². The molecule has 0 saturated carbocycles. The van der Waals surface area contributed by atoms with E-state index in [0.717, 1.165) is 23.4 Å². The van der Waals surface area contributed by atoms with Crippen LogP contribution in [0.1, 0.15) is 40.6 Å². The van der Waals surface area contributed by atoms with Crippen LogP contribution in [0, 0.1) is 18.8 Å². The van der Waals surface area contributed by atoms with Crippen molar-refractivity contribution < 1.29 is 13.3 Å². The lowest BCUT2D eigenvalue weighted by Crippen LogP contribution is -2.07. The highest BCUT2D eigenvalue weighted by Gasteiger charge is 2.24. The Morgan fingerprint density at radius 2 is 1.97 bits per heavy atom. The fourth-order valence-corrected chi connectivity index (χ4v) is 3.69. The molecule has 158 valence electrons. The van der Waals surface area contributed by atoms with Crippen LogP contribution >= 0.6 is 0 Å². The van der Waals surface area contributed by atoms with Crippen LogP contribution in [0.4, 0.5) is 8.78 Å². The molecular weight excluding hydrogens is 410 g/mol. The van der Waals surface area contributed by atoms with Crippen molar-refractivity contribution in [2.45, 2.75) is 26.2 Å². The molecule has 0 atom stereocenters. The van der Waals surface area contributed by atoms with Gasteiger partial charge in [0.15, 0.2) is 11.2 Å². The van der Waals surface area contributed by atoms with E-state index in [1.165, 1.54) is 12.1 Å². The van der Waals surface area contributed by atoms with Crippen molar-refractivity contribution in [2.75, 3.05) is 0 Å². The lowest BCUT2D eigenvalue weighted by molar-refractivity contribution is 0.0174. The van der Waals surface area contributed by atoms with E-state index in [-0.39, 0.29) is 5.56 Å². The molecule has 2 aromatic carbocycles. The van der Waals surface area contributed by atoms with Gasteiger partial charge in [0.25, 0.3) is 5.92 Å². The van der Waals surface area contributed by atoms with Gasteiger partial charge in [0.2, 0.25) is 0 Å². The topological polar surface area (TPSA) is 56.2 Å². The molecule has 0 fully saturated rings. The molecule has 5 rings (SSSR count). The van der Waals surface area contributed by atoms with Crippen molar-refractivity contribution in [1.29, 1.82) is 0 Å².